The highest BCUT2D eigenvalue weighted by Crippen LogP contribution is 2.27. The molecule has 0 aliphatic carbocycles. The molecule has 0 aliphatic rings. The predicted molar refractivity (Wildman–Crippen MR) is 73.8 cm³/mol. The van der Waals surface area contributed by atoms with Gasteiger partial charge in [0.15, 0.2) is 0 Å². The third kappa shape index (κ3) is 3.15. The van der Waals surface area contributed by atoms with Crippen molar-refractivity contribution in [1.29, 1.82) is 0 Å². The summed E-state index contributed by atoms with van der Waals surface area (Å²) in [6.07, 6.45) is 0. The van der Waals surface area contributed by atoms with Crippen molar-refractivity contribution >= 4 is 33.3 Å². The van der Waals surface area contributed by atoms with Crippen LogP contribution in [0.3, 0.4) is 0 Å². The van der Waals surface area contributed by atoms with E-state index in [-0.39, 0.29) is 18.0 Å². The smallest absolute Gasteiger partial charge is 0.371 e. The van der Waals surface area contributed by atoms with Crippen molar-refractivity contribution in [2.75, 3.05) is 5.32 Å². The lowest BCUT2D eigenvalue weighted by atomic mass is 10.3. The minimum Gasteiger partial charge on any atom is -0.475 e. The Hall–Kier alpha value is -2.35. The van der Waals surface area contributed by atoms with Gasteiger partial charge < -0.3 is 14.8 Å². The number of aromatic carboxylic acids is 1. The summed E-state index contributed by atoms with van der Waals surface area (Å²) in [6.45, 7) is 0.268. The average molecular weight is 341 g/mol. The van der Waals surface area contributed by atoms with Crippen LogP contribution in [0, 0.1) is 10.1 Å². The number of carboxylic acids is 1. The molecule has 0 unspecified atom stereocenters. The summed E-state index contributed by atoms with van der Waals surface area (Å²) < 4.78 is 5.62. The second-order valence-corrected chi connectivity index (χ2v) is 4.70. The monoisotopic (exact) mass is 340 g/mol. The van der Waals surface area contributed by atoms with Gasteiger partial charge in [-0.3, -0.25) is 10.1 Å². The van der Waals surface area contributed by atoms with E-state index < -0.39 is 10.9 Å². The first-order valence-electron chi connectivity index (χ1n) is 5.47. The summed E-state index contributed by atoms with van der Waals surface area (Å²) in [5, 5.41) is 22.3. The molecule has 2 aromatic rings. The van der Waals surface area contributed by atoms with Crippen LogP contribution >= 0.6 is 15.9 Å². The molecule has 0 amide bonds. The molecule has 0 saturated carbocycles. The topological polar surface area (TPSA) is 106 Å². The molecule has 1 aromatic carbocycles. The highest BCUT2D eigenvalue weighted by atomic mass is 79.9. The van der Waals surface area contributed by atoms with E-state index >= 15 is 0 Å². The van der Waals surface area contributed by atoms with Crippen LogP contribution in [0.15, 0.2) is 39.2 Å². The normalized spacial score (nSPS) is 10.2. The molecule has 1 heterocycles. The molecule has 104 valence electrons. The van der Waals surface area contributed by atoms with Crippen molar-refractivity contribution in [3.8, 4) is 0 Å². The molecular weight excluding hydrogens is 332 g/mol. The molecule has 0 aliphatic heterocycles. The van der Waals surface area contributed by atoms with E-state index in [0.29, 0.717) is 15.9 Å². The quantitative estimate of drug-likeness (QED) is 0.639. The third-order valence-corrected chi connectivity index (χ3v) is 3.15. The van der Waals surface area contributed by atoms with Crippen molar-refractivity contribution in [2.24, 2.45) is 0 Å². The molecular formula is C12H9BrN2O5. The van der Waals surface area contributed by atoms with Crippen molar-refractivity contribution in [3.63, 3.8) is 0 Å². The van der Waals surface area contributed by atoms with Gasteiger partial charge in [0, 0.05) is 22.3 Å². The van der Waals surface area contributed by atoms with Gasteiger partial charge in [-0.2, -0.15) is 0 Å². The Morgan fingerprint density at radius 3 is 2.70 bits per heavy atom. The highest BCUT2D eigenvalue weighted by molar-refractivity contribution is 9.10. The van der Waals surface area contributed by atoms with Gasteiger partial charge in [-0.15, -0.1) is 0 Å². The van der Waals surface area contributed by atoms with Crippen LogP contribution in [0.5, 0.6) is 0 Å². The number of nitro groups is 1. The number of carbonyl (C=O) groups is 1. The van der Waals surface area contributed by atoms with Crippen LogP contribution in [-0.4, -0.2) is 16.0 Å². The Morgan fingerprint density at radius 2 is 2.15 bits per heavy atom. The fourth-order valence-electron chi connectivity index (χ4n) is 1.53. The number of nitro benzene ring substituents is 1. The number of hydrogen-bond donors (Lipinski definition) is 2. The number of carboxylic acid groups (broad SMARTS) is 1. The number of furan rings is 1. The Morgan fingerprint density at radius 1 is 1.40 bits per heavy atom. The maximum Gasteiger partial charge on any atom is 0.371 e. The number of rotatable bonds is 5. The van der Waals surface area contributed by atoms with Crippen LogP contribution in [0.1, 0.15) is 16.3 Å². The molecule has 2 N–H and O–H groups in total. The summed E-state index contributed by atoms with van der Waals surface area (Å²) in [5.74, 6) is -0.815. The lowest BCUT2D eigenvalue weighted by molar-refractivity contribution is -0.384. The van der Waals surface area contributed by atoms with Crippen LogP contribution in [0.2, 0.25) is 0 Å². The zero-order chi connectivity index (χ0) is 14.7. The fourth-order valence-corrected chi connectivity index (χ4v) is 2.04. The second-order valence-electron chi connectivity index (χ2n) is 3.85. The average Bonchev–Trinajstić information content (AvgIpc) is 2.86. The van der Waals surface area contributed by atoms with E-state index in [1.807, 2.05) is 0 Å². The van der Waals surface area contributed by atoms with Crippen molar-refractivity contribution in [3.05, 3.63) is 56.4 Å². The lowest BCUT2D eigenvalue weighted by Gasteiger charge is -2.06. The number of anilines is 1. The van der Waals surface area contributed by atoms with Gasteiger partial charge >= 0.3 is 5.97 Å². The van der Waals surface area contributed by atoms with Crippen molar-refractivity contribution in [2.45, 2.75) is 6.54 Å². The Kier molecular flexibility index (Phi) is 4.04. The molecule has 2 rings (SSSR count). The molecule has 0 saturated heterocycles. The van der Waals surface area contributed by atoms with Gasteiger partial charge in [0.1, 0.15) is 5.76 Å². The lowest BCUT2D eigenvalue weighted by Crippen LogP contribution is -2.00. The maximum absolute atomic E-state index is 10.7. The van der Waals surface area contributed by atoms with E-state index in [2.05, 4.69) is 21.2 Å². The minimum absolute atomic E-state index is 0.0198. The van der Waals surface area contributed by atoms with Gasteiger partial charge in [0.25, 0.3) is 5.69 Å². The molecule has 0 bridgehead atoms. The summed E-state index contributed by atoms with van der Waals surface area (Å²) in [5.41, 5.74) is 0.623. The first kappa shape index (κ1) is 14.1. The Labute approximate surface area is 121 Å². The number of nitrogens with zero attached hydrogens (tertiary/aromatic N) is 1. The highest BCUT2D eigenvalue weighted by Gasteiger charge is 2.11. The van der Waals surface area contributed by atoms with E-state index in [1.54, 1.807) is 12.1 Å². The van der Waals surface area contributed by atoms with Crippen LogP contribution < -0.4 is 5.32 Å². The standard InChI is InChI=1S/C12H9BrN2O5/c13-9-5-7(15(18)19)1-3-10(9)14-6-8-2-4-11(20-8)12(16)17/h1-5,14H,6H2,(H,16,17). The Bertz CT molecular complexity index is 668. The summed E-state index contributed by atoms with van der Waals surface area (Å²) >= 11 is 3.23. The van der Waals surface area contributed by atoms with Gasteiger partial charge in [-0.25, -0.2) is 4.79 Å². The zero-order valence-electron chi connectivity index (χ0n) is 10.00. The summed E-state index contributed by atoms with van der Waals surface area (Å²) in [4.78, 5) is 20.8. The largest absolute Gasteiger partial charge is 0.475 e. The molecule has 0 spiro atoms. The molecule has 20 heavy (non-hydrogen) atoms. The van der Waals surface area contributed by atoms with Crippen molar-refractivity contribution in [1.82, 2.24) is 0 Å². The number of non-ortho nitro benzene ring substituents is 1. The van der Waals surface area contributed by atoms with Crippen LogP contribution in [0.4, 0.5) is 11.4 Å². The minimum atomic E-state index is -1.13. The Balaban J connectivity index is 2.06. The number of nitrogens with one attached hydrogen (secondary N) is 1. The van der Waals surface area contributed by atoms with E-state index in [9.17, 15) is 14.9 Å². The van der Waals surface area contributed by atoms with Gasteiger partial charge in [-0.05, 0) is 34.1 Å². The molecule has 0 atom stereocenters. The molecule has 0 fully saturated rings. The van der Waals surface area contributed by atoms with Crippen molar-refractivity contribution < 1.29 is 19.2 Å². The molecule has 8 heteroatoms. The maximum atomic E-state index is 10.7. The van der Waals surface area contributed by atoms with E-state index in [0.717, 1.165) is 0 Å². The second kappa shape index (κ2) is 5.74. The zero-order valence-corrected chi connectivity index (χ0v) is 11.6. The predicted octanol–water partition coefficient (Wildman–Crippen LogP) is 3.26. The van der Waals surface area contributed by atoms with E-state index in [4.69, 9.17) is 9.52 Å². The summed E-state index contributed by atoms with van der Waals surface area (Å²) in [6, 6.07) is 7.23. The van der Waals surface area contributed by atoms with Gasteiger partial charge in [0.2, 0.25) is 5.76 Å². The van der Waals surface area contributed by atoms with Gasteiger partial charge in [0.05, 0.1) is 11.5 Å². The van der Waals surface area contributed by atoms with E-state index in [1.165, 1.54) is 18.2 Å². The van der Waals surface area contributed by atoms with Crippen LogP contribution in [-0.2, 0) is 6.54 Å². The first-order chi connectivity index (χ1) is 9.47. The third-order valence-electron chi connectivity index (χ3n) is 2.49. The fraction of sp³-hybridized carbons (Fsp3) is 0.0833. The summed E-state index contributed by atoms with van der Waals surface area (Å²) in [7, 11) is 0. The SMILES string of the molecule is O=C(O)c1ccc(CNc2ccc([N+](=O)[O-])cc2Br)o1. The molecule has 1 aromatic heterocycles. The van der Waals surface area contributed by atoms with Crippen LogP contribution in [0.25, 0.3) is 0 Å². The number of halogens is 1. The number of benzene rings is 1. The van der Waals surface area contributed by atoms with Gasteiger partial charge in [-0.1, -0.05) is 0 Å². The number of hydrogen-bond acceptors (Lipinski definition) is 5. The first-order valence-corrected chi connectivity index (χ1v) is 6.26. The molecule has 7 nitrogen and oxygen atoms in total. The molecule has 0 radical (unpaired) electrons.